The summed E-state index contributed by atoms with van der Waals surface area (Å²) in [6, 6.07) is 3.09. The zero-order chi connectivity index (χ0) is 17.4. The minimum atomic E-state index is -0.890. The Balaban J connectivity index is 1.66. The zero-order valence-corrected chi connectivity index (χ0v) is 13.7. The molecule has 1 fully saturated rings. The van der Waals surface area contributed by atoms with Gasteiger partial charge in [-0.1, -0.05) is 25.7 Å². The number of carbonyl (C=O) groups excluding carboxylic acids is 2. The summed E-state index contributed by atoms with van der Waals surface area (Å²) in [5.41, 5.74) is -0.195. The van der Waals surface area contributed by atoms with E-state index in [1.54, 1.807) is 0 Å². The predicted molar refractivity (Wildman–Crippen MR) is 87.6 cm³/mol. The van der Waals surface area contributed by atoms with Crippen molar-refractivity contribution < 1.29 is 18.4 Å². The highest BCUT2D eigenvalue weighted by Gasteiger charge is 2.15. The van der Waals surface area contributed by atoms with Gasteiger partial charge in [0.15, 0.2) is 0 Å². The minimum Gasteiger partial charge on any atom is -0.353 e. The lowest BCUT2D eigenvalue weighted by Crippen LogP contribution is -2.35. The lowest BCUT2D eigenvalue weighted by molar-refractivity contribution is -0.121. The Bertz CT molecular complexity index is 570. The molecule has 0 bridgehead atoms. The van der Waals surface area contributed by atoms with E-state index >= 15 is 0 Å². The van der Waals surface area contributed by atoms with E-state index in [0.717, 1.165) is 37.8 Å². The first-order valence-electron chi connectivity index (χ1n) is 8.59. The van der Waals surface area contributed by atoms with Crippen molar-refractivity contribution in [3.05, 3.63) is 35.4 Å². The monoisotopic (exact) mass is 338 g/mol. The maximum Gasteiger partial charge on any atom is 0.254 e. The summed E-state index contributed by atoms with van der Waals surface area (Å²) in [7, 11) is 0. The summed E-state index contributed by atoms with van der Waals surface area (Å²) in [4.78, 5) is 23.7. The molecular formula is C18H24F2N2O2. The summed E-state index contributed by atoms with van der Waals surface area (Å²) in [5.74, 6) is -2.22. The molecule has 2 N–H and O–H groups in total. The van der Waals surface area contributed by atoms with Gasteiger partial charge in [-0.3, -0.25) is 9.59 Å². The van der Waals surface area contributed by atoms with E-state index < -0.39 is 17.5 Å². The first kappa shape index (κ1) is 18.4. The molecule has 1 aliphatic carbocycles. The molecule has 132 valence electrons. The van der Waals surface area contributed by atoms with Gasteiger partial charge in [0.05, 0.1) is 5.56 Å². The molecule has 0 saturated heterocycles. The number of benzene rings is 1. The van der Waals surface area contributed by atoms with Gasteiger partial charge in [0.2, 0.25) is 5.91 Å². The van der Waals surface area contributed by atoms with Gasteiger partial charge in [0.25, 0.3) is 5.91 Å². The second kappa shape index (κ2) is 9.35. The molecule has 0 atom stereocenters. The highest BCUT2D eigenvalue weighted by atomic mass is 19.1. The van der Waals surface area contributed by atoms with Gasteiger partial charge in [-0.2, -0.15) is 0 Å². The van der Waals surface area contributed by atoms with E-state index in [-0.39, 0.29) is 24.1 Å². The molecular weight excluding hydrogens is 314 g/mol. The van der Waals surface area contributed by atoms with Crippen LogP contribution in [0.5, 0.6) is 0 Å². The van der Waals surface area contributed by atoms with Gasteiger partial charge in [-0.25, -0.2) is 8.78 Å². The molecule has 4 nitrogen and oxygen atoms in total. The number of amides is 2. The van der Waals surface area contributed by atoms with Gasteiger partial charge >= 0.3 is 0 Å². The molecule has 0 aliphatic heterocycles. The Labute approximate surface area is 141 Å². The largest absolute Gasteiger partial charge is 0.353 e. The molecule has 0 heterocycles. The maximum atomic E-state index is 13.5. The van der Waals surface area contributed by atoms with Crippen LogP contribution in [0.4, 0.5) is 8.78 Å². The highest BCUT2D eigenvalue weighted by Crippen LogP contribution is 2.17. The quantitative estimate of drug-likeness (QED) is 0.617. The SMILES string of the molecule is O=C(CCCNC(=O)c1ccc(F)cc1F)NC1CCCCCC1. The third kappa shape index (κ3) is 5.91. The van der Waals surface area contributed by atoms with Gasteiger partial charge < -0.3 is 10.6 Å². The van der Waals surface area contributed by atoms with Crippen LogP contribution in [0.15, 0.2) is 18.2 Å². The smallest absolute Gasteiger partial charge is 0.254 e. The number of halogens is 2. The third-order valence-corrected chi connectivity index (χ3v) is 4.26. The second-order valence-corrected chi connectivity index (χ2v) is 6.24. The summed E-state index contributed by atoms with van der Waals surface area (Å²) in [6.07, 6.45) is 7.65. The van der Waals surface area contributed by atoms with Crippen LogP contribution in [0, 0.1) is 11.6 Å². The molecule has 1 saturated carbocycles. The van der Waals surface area contributed by atoms with Crippen molar-refractivity contribution >= 4 is 11.8 Å². The van der Waals surface area contributed by atoms with E-state index in [0.29, 0.717) is 18.9 Å². The molecule has 0 radical (unpaired) electrons. The van der Waals surface area contributed by atoms with E-state index in [2.05, 4.69) is 10.6 Å². The lowest BCUT2D eigenvalue weighted by atomic mass is 10.1. The van der Waals surface area contributed by atoms with Crippen molar-refractivity contribution in [2.24, 2.45) is 0 Å². The standard InChI is InChI=1S/C18H24F2N2O2/c19-13-9-10-15(16(20)12-13)18(24)21-11-5-8-17(23)22-14-6-3-1-2-4-7-14/h9-10,12,14H,1-8,11H2,(H,21,24)(H,22,23). The molecule has 1 aliphatic rings. The van der Waals surface area contributed by atoms with Crippen LogP contribution < -0.4 is 10.6 Å². The summed E-state index contributed by atoms with van der Waals surface area (Å²) in [6.45, 7) is 0.272. The lowest BCUT2D eigenvalue weighted by Gasteiger charge is -2.16. The van der Waals surface area contributed by atoms with Crippen LogP contribution in [-0.2, 0) is 4.79 Å². The molecule has 1 aromatic rings. The molecule has 2 amide bonds. The molecule has 2 rings (SSSR count). The van der Waals surface area contributed by atoms with Crippen molar-refractivity contribution in [1.29, 1.82) is 0 Å². The van der Waals surface area contributed by atoms with Crippen molar-refractivity contribution in [2.45, 2.75) is 57.4 Å². The Morgan fingerprint density at radius 3 is 2.46 bits per heavy atom. The first-order valence-corrected chi connectivity index (χ1v) is 8.59. The molecule has 0 aromatic heterocycles. The Morgan fingerprint density at radius 1 is 1.08 bits per heavy atom. The van der Waals surface area contributed by atoms with E-state index in [1.165, 1.54) is 12.8 Å². The van der Waals surface area contributed by atoms with Crippen LogP contribution in [0.1, 0.15) is 61.7 Å². The fourth-order valence-corrected chi connectivity index (χ4v) is 2.94. The van der Waals surface area contributed by atoms with Gasteiger partial charge in [0.1, 0.15) is 11.6 Å². The molecule has 24 heavy (non-hydrogen) atoms. The van der Waals surface area contributed by atoms with Crippen LogP contribution >= 0.6 is 0 Å². The van der Waals surface area contributed by atoms with Crippen LogP contribution in [0.25, 0.3) is 0 Å². The van der Waals surface area contributed by atoms with Crippen LogP contribution in [0.2, 0.25) is 0 Å². The molecule has 1 aromatic carbocycles. The summed E-state index contributed by atoms with van der Waals surface area (Å²) < 4.78 is 26.3. The summed E-state index contributed by atoms with van der Waals surface area (Å²) in [5, 5.41) is 5.59. The fraction of sp³-hybridized carbons (Fsp3) is 0.556. The van der Waals surface area contributed by atoms with E-state index in [1.807, 2.05) is 0 Å². The molecule has 6 heteroatoms. The number of carbonyl (C=O) groups is 2. The van der Waals surface area contributed by atoms with Gasteiger partial charge in [-0.15, -0.1) is 0 Å². The van der Waals surface area contributed by atoms with Crippen molar-refractivity contribution in [3.63, 3.8) is 0 Å². The fourth-order valence-electron chi connectivity index (χ4n) is 2.94. The summed E-state index contributed by atoms with van der Waals surface area (Å²) >= 11 is 0. The normalized spacial score (nSPS) is 15.6. The third-order valence-electron chi connectivity index (χ3n) is 4.26. The van der Waals surface area contributed by atoms with Crippen molar-refractivity contribution in [1.82, 2.24) is 10.6 Å². The van der Waals surface area contributed by atoms with Crippen LogP contribution in [-0.4, -0.2) is 24.4 Å². The van der Waals surface area contributed by atoms with E-state index in [4.69, 9.17) is 0 Å². The Kier molecular flexibility index (Phi) is 7.15. The van der Waals surface area contributed by atoms with Crippen molar-refractivity contribution in [3.8, 4) is 0 Å². The Hall–Kier alpha value is -1.98. The number of hydrogen-bond acceptors (Lipinski definition) is 2. The second-order valence-electron chi connectivity index (χ2n) is 6.24. The van der Waals surface area contributed by atoms with Crippen molar-refractivity contribution in [2.75, 3.05) is 6.54 Å². The van der Waals surface area contributed by atoms with E-state index in [9.17, 15) is 18.4 Å². The number of hydrogen-bond donors (Lipinski definition) is 2. The topological polar surface area (TPSA) is 58.2 Å². The number of rotatable bonds is 6. The van der Waals surface area contributed by atoms with Crippen LogP contribution in [0.3, 0.4) is 0 Å². The number of nitrogens with one attached hydrogen (secondary N) is 2. The Morgan fingerprint density at radius 2 is 1.79 bits per heavy atom. The average Bonchev–Trinajstić information content (AvgIpc) is 2.80. The highest BCUT2D eigenvalue weighted by molar-refractivity contribution is 5.94. The molecule has 0 unspecified atom stereocenters. The zero-order valence-electron chi connectivity index (χ0n) is 13.7. The first-order chi connectivity index (χ1) is 11.6. The van der Waals surface area contributed by atoms with Gasteiger partial charge in [0, 0.05) is 25.1 Å². The molecule has 0 spiro atoms. The average molecular weight is 338 g/mol. The minimum absolute atomic E-state index is 0.0101. The maximum absolute atomic E-state index is 13.5. The predicted octanol–water partition coefficient (Wildman–Crippen LogP) is 3.31. The van der Waals surface area contributed by atoms with Gasteiger partial charge in [-0.05, 0) is 31.4 Å².